The second-order valence-electron chi connectivity index (χ2n) is 6.19. The molecule has 0 radical (unpaired) electrons. The molecule has 0 bridgehead atoms. The van der Waals surface area contributed by atoms with Crippen molar-refractivity contribution < 1.29 is 14.7 Å². The van der Waals surface area contributed by atoms with E-state index in [1.165, 1.54) is 0 Å². The first-order chi connectivity index (χ1) is 13.0. The van der Waals surface area contributed by atoms with Gasteiger partial charge in [-0.2, -0.15) is 0 Å². The molecule has 8 heteroatoms. The lowest BCUT2D eigenvalue weighted by atomic mass is 10.2. The van der Waals surface area contributed by atoms with Crippen LogP contribution >= 0.6 is 11.6 Å². The van der Waals surface area contributed by atoms with Crippen molar-refractivity contribution in [2.45, 2.75) is 0 Å². The molecule has 1 aliphatic rings. The van der Waals surface area contributed by atoms with E-state index in [2.05, 4.69) is 15.1 Å². The fourth-order valence-corrected chi connectivity index (χ4v) is 2.95. The summed E-state index contributed by atoms with van der Waals surface area (Å²) in [6.07, 6.45) is 0. The number of carboxylic acid groups (broad SMARTS) is 1. The molecule has 7 nitrogen and oxygen atoms in total. The van der Waals surface area contributed by atoms with Gasteiger partial charge in [0.15, 0.2) is 0 Å². The molecule has 3 rings (SSSR count). The van der Waals surface area contributed by atoms with E-state index in [9.17, 15) is 9.59 Å². The predicted octanol–water partition coefficient (Wildman–Crippen LogP) is 3.47. The molecule has 1 heterocycles. The predicted molar refractivity (Wildman–Crippen MR) is 103 cm³/mol. The summed E-state index contributed by atoms with van der Waals surface area (Å²) in [5.74, 6) is -1.22. The van der Waals surface area contributed by atoms with Crippen molar-refractivity contribution >= 4 is 34.9 Å². The molecule has 1 fully saturated rings. The van der Waals surface area contributed by atoms with Crippen LogP contribution in [0.3, 0.4) is 0 Å². The summed E-state index contributed by atoms with van der Waals surface area (Å²) in [6.45, 7) is 3.19. The molecule has 2 aromatic carbocycles. The van der Waals surface area contributed by atoms with E-state index in [-0.39, 0.29) is 18.0 Å². The van der Waals surface area contributed by atoms with Gasteiger partial charge >= 0.3 is 5.97 Å². The van der Waals surface area contributed by atoms with Crippen LogP contribution in [0.1, 0.15) is 10.4 Å². The molecule has 1 N–H and O–H groups in total. The first-order valence-corrected chi connectivity index (χ1v) is 8.90. The van der Waals surface area contributed by atoms with Crippen molar-refractivity contribution in [2.75, 3.05) is 37.6 Å². The third-order valence-electron chi connectivity index (χ3n) is 4.31. The Labute approximate surface area is 161 Å². The summed E-state index contributed by atoms with van der Waals surface area (Å²) in [7, 11) is 0. The maximum Gasteiger partial charge on any atom is 0.335 e. The van der Waals surface area contributed by atoms with Gasteiger partial charge in [0.2, 0.25) is 0 Å². The van der Waals surface area contributed by atoms with E-state index < -0.39 is 5.97 Å². The van der Waals surface area contributed by atoms with Crippen LogP contribution in [0.25, 0.3) is 0 Å². The average molecular weight is 387 g/mol. The Morgan fingerprint density at radius 1 is 0.963 bits per heavy atom. The van der Waals surface area contributed by atoms with Crippen LogP contribution in [0.15, 0.2) is 58.8 Å². The number of hydrogen-bond donors (Lipinski definition) is 1. The number of aromatic carboxylic acids is 1. The minimum atomic E-state index is -0.933. The zero-order valence-electron chi connectivity index (χ0n) is 14.6. The molecule has 27 heavy (non-hydrogen) atoms. The van der Waals surface area contributed by atoms with E-state index in [0.717, 1.165) is 31.9 Å². The molecule has 0 atom stereocenters. The van der Waals surface area contributed by atoms with Gasteiger partial charge in [-0.3, -0.25) is 9.69 Å². The molecular formula is C19H19ClN4O3. The largest absolute Gasteiger partial charge is 0.478 e. The molecule has 0 spiro atoms. The zero-order valence-corrected chi connectivity index (χ0v) is 15.3. The smallest absolute Gasteiger partial charge is 0.335 e. The Hall–Kier alpha value is -2.77. The third-order valence-corrected chi connectivity index (χ3v) is 4.57. The average Bonchev–Trinajstić information content (AvgIpc) is 2.68. The number of carboxylic acids is 1. The van der Waals surface area contributed by atoms with E-state index >= 15 is 0 Å². The van der Waals surface area contributed by atoms with E-state index in [1.54, 1.807) is 36.4 Å². The van der Waals surface area contributed by atoms with Gasteiger partial charge in [-0.25, -0.2) is 4.79 Å². The number of hydrogen-bond acceptors (Lipinski definition) is 5. The molecule has 2 aromatic rings. The normalized spacial score (nSPS) is 15.2. The molecule has 1 aliphatic heterocycles. The van der Waals surface area contributed by atoms with Crippen LogP contribution in [0.2, 0.25) is 5.02 Å². The maximum absolute atomic E-state index is 12.0. The minimum Gasteiger partial charge on any atom is -0.478 e. The highest BCUT2D eigenvalue weighted by Crippen LogP contribution is 2.18. The summed E-state index contributed by atoms with van der Waals surface area (Å²) in [5, 5.41) is 17.2. The van der Waals surface area contributed by atoms with Crippen LogP contribution in [-0.2, 0) is 4.79 Å². The fourth-order valence-electron chi connectivity index (χ4n) is 2.82. The van der Waals surface area contributed by atoms with Gasteiger partial charge in [0.25, 0.3) is 5.91 Å². The van der Waals surface area contributed by atoms with Gasteiger partial charge in [-0.05, 0) is 48.5 Å². The standard InChI is InChI=1S/C19H19ClN4O3/c20-15-3-5-16(6-4-15)21-22-18(25)13-23-9-11-24(12-10-23)17-7-1-14(2-8-17)19(26)27/h1-8H,9-13H2,(H,26,27)/b22-21+. The number of carbonyl (C=O) groups excluding carboxylic acids is 1. The van der Waals surface area contributed by atoms with Crippen LogP contribution in [0, 0.1) is 0 Å². The van der Waals surface area contributed by atoms with Crippen molar-refractivity contribution in [1.29, 1.82) is 0 Å². The Balaban J connectivity index is 1.48. The van der Waals surface area contributed by atoms with Gasteiger partial charge in [0, 0.05) is 36.9 Å². The lowest BCUT2D eigenvalue weighted by molar-refractivity contribution is -0.119. The Bertz CT molecular complexity index is 829. The Kier molecular flexibility index (Phi) is 6.16. The second-order valence-corrected chi connectivity index (χ2v) is 6.62. The van der Waals surface area contributed by atoms with Crippen molar-refractivity contribution in [2.24, 2.45) is 10.2 Å². The number of rotatable bonds is 5. The molecular weight excluding hydrogens is 368 g/mol. The summed E-state index contributed by atoms with van der Waals surface area (Å²) in [6, 6.07) is 13.6. The topological polar surface area (TPSA) is 85.6 Å². The first kappa shape index (κ1) is 19.0. The highest BCUT2D eigenvalue weighted by molar-refractivity contribution is 6.30. The molecule has 0 unspecified atom stereocenters. The number of benzene rings is 2. The highest BCUT2D eigenvalue weighted by Gasteiger charge is 2.19. The number of piperazine rings is 1. The monoisotopic (exact) mass is 386 g/mol. The van der Waals surface area contributed by atoms with E-state index in [1.807, 2.05) is 17.0 Å². The van der Waals surface area contributed by atoms with Crippen LogP contribution in [0.5, 0.6) is 0 Å². The van der Waals surface area contributed by atoms with Crippen molar-refractivity contribution in [3.63, 3.8) is 0 Å². The minimum absolute atomic E-state index is 0.225. The number of halogens is 1. The van der Waals surface area contributed by atoms with Gasteiger partial charge in [0.05, 0.1) is 17.8 Å². The third kappa shape index (κ3) is 5.35. The van der Waals surface area contributed by atoms with Crippen LogP contribution in [0.4, 0.5) is 11.4 Å². The summed E-state index contributed by atoms with van der Waals surface area (Å²) in [4.78, 5) is 27.1. The molecule has 1 saturated heterocycles. The summed E-state index contributed by atoms with van der Waals surface area (Å²) in [5.41, 5.74) is 1.84. The number of anilines is 1. The lowest BCUT2D eigenvalue weighted by Crippen LogP contribution is -2.47. The molecule has 1 amide bonds. The molecule has 140 valence electrons. The summed E-state index contributed by atoms with van der Waals surface area (Å²) >= 11 is 5.80. The highest BCUT2D eigenvalue weighted by atomic mass is 35.5. The maximum atomic E-state index is 12.0. The quantitative estimate of drug-likeness (QED) is 0.795. The van der Waals surface area contributed by atoms with Crippen molar-refractivity contribution in [1.82, 2.24) is 4.90 Å². The Morgan fingerprint density at radius 3 is 2.19 bits per heavy atom. The van der Waals surface area contributed by atoms with Gasteiger partial charge < -0.3 is 10.0 Å². The fraction of sp³-hybridized carbons (Fsp3) is 0.263. The van der Waals surface area contributed by atoms with Crippen molar-refractivity contribution in [3.05, 3.63) is 59.1 Å². The number of nitrogens with zero attached hydrogens (tertiary/aromatic N) is 4. The van der Waals surface area contributed by atoms with E-state index in [4.69, 9.17) is 16.7 Å². The van der Waals surface area contributed by atoms with E-state index in [0.29, 0.717) is 10.7 Å². The number of carbonyl (C=O) groups is 2. The SMILES string of the molecule is O=C(CN1CCN(c2ccc(C(=O)O)cc2)CC1)/N=N/c1ccc(Cl)cc1. The van der Waals surface area contributed by atoms with Gasteiger partial charge in [-0.1, -0.05) is 11.6 Å². The van der Waals surface area contributed by atoms with Crippen LogP contribution < -0.4 is 4.90 Å². The zero-order chi connectivity index (χ0) is 19.2. The molecule has 0 saturated carbocycles. The van der Waals surface area contributed by atoms with Gasteiger partial charge in [-0.15, -0.1) is 10.2 Å². The lowest BCUT2D eigenvalue weighted by Gasteiger charge is -2.35. The molecule has 0 aromatic heterocycles. The van der Waals surface area contributed by atoms with Crippen LogP contribution in [-0.4, -0.2) is 54.6 Å². The Morgan fingerprint density at radius 2 is 1.59 bits per heavy atom. The number of azo groups is 1. The van der Waals surface area contributed by atoms with Crippen molar-refractivity contribution in [3.8, 4) is 0 Å². The molecule has 0 aliphatic carbocycles. The first-order valence-electron chi connectivity index (χ1n) is 8.52. The van der Waals surface area contributed by atoms with Gasteiger partial charge in [0.1, 0.15) is 0 Å². The number of amides is 1. The summed E-state index contributed by atoms with van der Waals surface area (Å²) < 4.78 is 0. The second kappa shape index (κ2) is 8.75.